The number of methoxy groups -OCH3 is 1. The minimum atomic E-state index is -1.78. The number of amides is 2. The van der Waals surface area contributed by atoms with Crippen molar-refractivity contribution in [2.24, 2.45) is 5.92 Å². The second-order valence-corrected chi connectivity index (χ2v) is 10.3. The summed E-state index contributed by atoms with van der Waals surface area (Å²) in [5.41, 5.74) is 2.48. The molecule has 202 valence electrons. The minimum Gasteiger partial charge on any atom is -0.497 e. The molecule has 7 heteroatoms. The third-order valence-electron chi connectivity index (χ3n) is 7.95. The molecule has 0 radical (unpaired) electrons. The average Bonchev–Trinajstić information content (AvgIpc) is 3.38. The van der Waals surface area contributed by atoms with E-state index in [2.05, 4.69) is 0 Å². The van der Waals surface area contributed by atoms with E-state index >= 15 is 0 Å². The van der Waals surface area contributed by atoms with Crippen LogP contribution in [0.2, 0.25) is 0 Å². The van der Waals surface area contributed by atoms with Gasteiger partial charge in [0.05, 0.1) is 30.6 Å². The maximum absolute atomic E-state index is 13.8. The summed E-state index contributed by atoms with van der Waals surface area (Å²) in [6.45, 7) is 2.03. The molecule has 4 aromatic carbocycles. The molecule has 0 fully saturated rings. The highest BCUT2D eigenvalue weighted by molar-refractivity contribution is 6.27. The molecule has 0 unspecified atom stereocenters. The minimum absolute atomic E-state index is 0.00755. The molecule has 7 nitrogen and oxygen atoms in total. The molecule has 4 aromatic rings. The van der Waals surface area contributed by atoms with Crippen molar-refractivity contribution in [1.82, 2.24) is 0 Å². The van der Waals surface area contributed by atoms with Crippen molar-refractivity contribution in [2.75, 3.05) is 23.5 Å². The Kier molecular flexibility index (Phi) is 6.41. The standard InChI is InChI=1S/C33H30N2O5/c1-21(7-3-4-18-36)33(39)27-19-25(40-2)16-17-28(27)34(32(33)38)20-22-12-14-24(15-13-22)35-29-11-6-9-23-8-5-10-26(30(23)29)31(35)37/h3,5-17,19,21,36,39H,4,18,20H2,1-2H3/b7-3+/t21-,33+/m0/s1. The Morgan fingerprint density at radius 2 is 1.73 bits per heavy atom. The van der Waals surface area contributed by atoms with Crippen LogP contribution in [0.1, 0.15) is 34.8 Å². The fraction of sp³-hybridized carbons (Fsp3) is 0.212. The number of hydrogen-bond donors (Lipinski definition) is 2. The second kappa shape index (κ2) is 9.93. The molecule has 0 saturated heterocycles. The van der Waals surface area contributed by atoms with Gasteiger partial charge in [0.25, 0.3) is 11.8 Å². The first-order valence-corrected chi connectivity index (χ1v) is 13.3. The Balaban J connectivity index is 1.31. The van der Waals surface area contributed by atoms with Crippen LogP contribution in [-0.2, 0) is 16.9 Å². The summed E-state index contributed by atoms with van der Waals surface area (Å²) in [5.74, 6) is -0.465. The Morgan fingerprint density at radius 1 is 0.975 bits per heavy atom. The number of carbonyl (C=O) groups is 2. The Hall–Kier alpha value is -4.46. The van der Waals surface area contributed by atoms with E-state index in [9.17, 15) is 14.7 Å². The van der Waals surface area contributed by atoms with Gasteiger partial charge in [-0.25, -0.2) is 0 Å². The number of nitrogens with zero attached hydrogens (tertiary/aromatic N) is 2. The summed E-state index contributed by atoms with van der Waals surface area (Å²) in [6, 6.07) is 24.6. The first-order valence-electron chi connectivity index (χ1n) is 13.3. The van der Waals surface area contributed by atoms with E-state index in [1.807, 2.05) is 60.7 Å². The van der Waals surface area contributed by atoms with E-state index in [4.69, 9.17) is 9.84 Å². The van der Waals surface area contributed by atoms with E-state index < -0.39 is 17.4 Å². The zero-order valence-electron chi connectivity index (χ0n) is 22.4. The maximum atomic E-state index is 13.8. The number of aliphatic hydroxyl groups excluding tert-OH is 1. The van der Waals surface area contributed by atoms with Gasteiger partial charge in [-0.1, -0.05) is 55.5 Å². The van der Waals surface area contributed by atoms with Crippen LogP contribution in [0.3, 0.4) is 0 Å². The van der Waals surface area contributed by atoms with Gasteiger partial charge in [-0.3, -0.25) is 14.5 Å². The zero-order chi connectivity index (χ0) is 28.0. The SMILES string of the molecule is COc1ccc2c(c1)[C@](O)([C@@H](C)/C=C/CCO)C(=O)N2Cc1ccc(N2C(=O)c3cccc4cccc2c34)cc1. The van der Waals surface area contributed by atoms with Crippen molar-refractivity contribution in [2.45, 2.75) is 25.5 Å². The van der Waals surface area contributed by atoms with Gasteiger partial charge in [0.15, 0.2) is 5.60 Å². The van der Waals surface area contributed by atoms with Crippen molar-refractivity contribution in [3.05, 3.63) is 108 Å². The first-order chi connectivity index (χ1) is 19.4. The van der Waals surface area contributed by atoms with Gasteiger partial charge in [-0.15, -0.1) is 0 Å². The van der Waals surface area contributed by atoms with Crippen LogP contribution >= 0.6 is 0 Å². The monoisotopic (exact) mass is 534 g/mol. The predicted octanol–water partition coefficient (Wildman–Crippen LogP) is 5.45. The lowest BCUT2D eigenvalue weighted by Crippen LogP contribution is -2.44. The molecule has 2 aliphatic rings. The van der Waals surface area contributed by atoms with E-state index in [1.165, 1.54) is 0 Å². The van der Waals surface area contributed by atoms with E-state index in [0.717, 1.165) is 27.7 Å². The van der Waals surface area contributed by atoms with Crippen LogP contribution in [0.15, 0.2) is 91.0 Å². The normalized spacial score (nSPS) is 18.7. The number of hydrogen-bond acceptors (Lipinski definition) is 5. The molecule has 2 atom stereocenters. The number of aliphatic hydroxyl groups is 2. The third kappa shape index (κ3) is 3.89. The molecule has 0 aromatic heterocycles. The molecule has 2 N–H and O–H groups in total. The van der Waals surface area contributed by atoms with Crippen molar-refractivity contribution in [3.63, 3.8) is 0 Å². The molecule has 0 aliphatic carbocycles. The number of fused-ring (bicyclic) bond motifs is 1. The molecule has 0 saturated carbocycles. The Labute approximate surface area is 232 Å². The van der Waals surface area contributed by atoms with Crippen LogP contribution in [0.4, 0.5) is 17.1 Å². The van der Waals surface area contributed by atoms with Gasteiger partial charge in [0.2, 0.25) is 0 Å². The maximum Gasteiger partial charge on any atom is 0.264 e. The molecule has 40 heavy (non-hydrogen) atoms. The third-order valence-corrected chi connectivity index (χ3v) is 7.95. The van der Waals surface area contributed by atoms with E-state index in [-0.39, 0.29) is 19.1 Å². The second-order valence-electron chi connectivity index (χ2n) is 10.3. The first kappa shape index (κ1) is 25.8. The summed E-state index contributed by atoms with van der Waals surface area (Å²) in [5, 5.41) is 23.0. The molecule has 6 rings (SSSR count). The van der Waals surface area contributed by atoms with Gasteiger partial charge < -0.3 is 19.8 Å². The largest absolute Gasteiger partial charge is 0.497 e. The molecular weight excluding hydrogens is 504 g/mol. The highest BCUT2D eigenvalue weighted by Crippen LogP contribution is 2.47. The lowest BCUT2D eigenvalue weighted by atomic mass is 9.83. The average molecular weight is 535 g/mol. The molecular formula is C33H30N2O5. The summed E-state index contributed by atoms with van der Waals surface area (Å²) >= 11 is 0. The predicted molar refractivity (Wildman–Crippen MR) is 155 cm³/mol. The van der Waals surface area contributed by atoms with Crippen LogP contribution < -0.4 is 14.5 Å². The van der Waals surface area contributed by atoms with E-state index in [1.54, 1.807) is 54.2 Å². The van der Waals surface area contributed by atoms with Crippen LogP contribution in [0.25, 0.3) is 10.8 Å². The molecule has 2 heterocycles. The molecule has 0 bridgehead atoms. The lowest BCUT2D eigenvalue weighted by Gasteiger charge is -2.28. The van der Waals surface area contributed by atoms with Crippen molar-refractivity contribution >= 4 is 39.6 Å². The quantitative estimate of drug-likeness (QED) is 0.294. The van der Waals surface area contributed by atoms with E-state index in [0.29, 0.717) is 29.0 Å². The Bertz CT molecular complexity index is 1660. The molecule has 2 amide bonds. The van der Waals surface area contributed by atoms with Gasteiger partial charge in [-0.2, -0.15) is 0 Å². The number of carbonyl (C=O) groups excluding carboxylic acids is 2. The fourth-order valence-corrected chi connectivity index (χ4v) is 5.83. The number of rotatable bonds is 8. The van der Waals surface area contributed by atoms with Crippen LogP contribution in [-0.4, -0.2) is 35.7 Å². The summed E-state index contributed by atoms with van der Waals surface area (Å²) in [4.78, 5) is 30.5. The van der Waals surface area contributed by atoms with Crippen LogP contribution in [0, 0.1) is 5.92 Å². The number of ether oxygens (including phenoxy) is 1. The topological polar surface area (TPSA) is 90.3 Å². The number of anilines is 3. The van der Waals surface area contributed by atoms with Gasteiger partial charge in [-0.05, 0) is 59.8 Å². The summed E-state index contributed by atoms with van der Waals surface area (Å²) in [6.07, 6.45) is 3.98. The number of benzene rings is 4. The smallest absolute Gasteiger partial charge is 0.264 e. The van der Waals surface area contributed by atoms with Crippen molar-refractivity contribution in [1.29, 1.82) is 0 Å². The fourth-order valence-electron chi connectivity index (χ4n) is 5.83. The summed E-state index contributed by atoms with van der Waals surface area (Å²) < 4.78 is 5.39. The van der Waals surface area contributed by atoms with Gasteiger partial charge >= 0.3 is 0 Å². The summed E-state index contributed by atoms with van der Waals surface area (Å²) in [7, 11) is 1.55. The van der Waals surface area contributed by atoms with Crippen molar-refractivity contribution in [3.8, 4) is 5.75 Å². The highest BCUT2D eigenvalue weighted by Gasteiger charge is 2.52. The van der Waals surface area contributed by atoms with Gasteiger partial charge in [0.1, 0.15) is 5.75 Å². The van der Waals surface area contributed by atoms with Crippen molar-refractivity contribution < 1.29 is 24.5 Å². The zero-order valence-corrected chi connectivity index (χ0v) is 22.4. The lowest BCUT2D eigenvalue weighted by molar-refractivity contribution is -0.139. The highest BCUT2D eigenvalue weighted by atomic mass is 16.5. The Morgan fingerprint density at radius 3 is 2.45 bits per heavy atom. The van der Waals surface area contributed by atoms with Crippen LogP contribution in [0.5, 0.6) is 5.75 Å². The van der Waals surface area contributed by atoms with Gasteiger partial charge in [0, 0.05) is 29.2 Å². The molecule has 2 aliphatic heterocycles. The molecule has 0 spiro atoms.